The molecule has 0 fully saturated rings. The van der Waals surface area contributed by atoms with Crippen LogP contribution in [0.2, 0.25) is 0 Å². The van der Waals surface area contributed by atoms with Gasteiger partial charge in [-0.2, -0.15) is 0 Å². The minimum absolute atomic E-state index is 0.0648. The third-order valence-corrected chi connectivity index (χ3v) is 4.72. The zero-order valence-corrected chi connectivity index (χ0v) is 11.8. The van der Waals surface area contributed by atoms with Gasteiger partial charge in [-0.1, -0.05) is 30.3 Å². The lowest BCUT2D eigenvalue weighted by molar-refractivity contribution is -0.120. The van der Waals surface area contributed by atoms with Gasteiger partial charge in [0, 0.05) is 11.3 Å². The summed E-state index contributed by atoms with van der Waals surface area (Å²) in [5.74, 6) is 0.138. The number of fused-ring (bicyclic) bond motifs is 3. The van der Waals surface area contributed by atoms with Gasteiger partial charge in [0.15, 0.2) is 5.78 Å². The second-order valence-corrected chi connectivity index (χ2v) is 5.98. The molecule has 1 amide bonds. The summed E-state index contributed by atoms with van der Waals surface area (Å²) in [6, 6.07) is 13.7. The maximum Gasteiger partial charge on any atom is 0.235 e. The van der Waals surface area contributed by atoms with Crippen molar-refractivity contribution in [1.82, 2.24) is 0 Å². The largest absolute Gasteiger partial charge is 0.325 e. The fourth-order valence-corrected chi connectivity index (χ4v) is 3.62. The predicted molar refractivity (Wildman–Crippen MR) is 80.6 cm³/mol. The van der Waals surface area contributed by atoms with Crippen LogP contribution in [0.1, 0.15) is 34.0 Å². The molecule has 0 saturated heterocycles. The molecule has 1 unspecified atom stereocenters. The first-order valence-electron chi connectivity index (χ1n) is 7.14. The van der Waals surface area contributed by atoms with Crippen LogP contribution in [0.15, 0.2) is 42.5 Å². The molecule has 0 saturated carbocycles. The van der Waals surface area contributed by atoms with Gasteiger partial charge >= 0.3 is 0 Å². The van der Waals surface area contributed by atoms with Crippen molar-refractivity contribution in [1.29, 1.82) is 0 Å². The van der Waals surface area contributed by atoms with Gasteiger partial charge in [0.25, 0.3) is 0 Å². The normalized spacial score (nSPS) is 22.0. The summed E-state index contributed by atoms with van der Waals surface area (Å²) in [7, 11) is 0. The van der Waals surface area contributed by atoms with Gasteiger partial charge in [-0.25, -0.2) is 0 Å². The number of anilines is 1. The molecule has 0 bridgehead atoms. The summed E-state index contributed by atoms with van der Waals surface area (Å²) in [4.78, 5) is 24.1. The molecule has 2 aromatic carbocycles. The van der Waals surface area contributed by atoms with E-state index in [0.717, 1.165) is 22.4 Å². The first-order chi connectivity index (χ1) is 10.1. The standard InChI is InChI=1S/C18H15NO2/c1-11(20)12-6-7-13-9-18(10-14(13)8-12)15-4-2-3-5-16(15)19-17(18)21/h2-8H,9-10H2,1H3,(H,19,21). The summed E-state index contributed by atoms with van der Waals surface area (Å²) >= 11 is 0. The third-order valence-electron chi connectivity index (χ3n) is 4.72. The number of ketones is 1. The molecule has 104 valence electrons. The van der Waals surface area contributed by atoms with E-state index >= 15 is 0 Å². The van der Waals surface area contributed by atoms with Crippen molar-refractivity contribution in [3.8, 4) is 0 Å². The summed E-state index contributed by atoms with van der Waals surface area (Å²) < 4.78 is 0. The molecule has 21 heavy (non-hydrogen) atoms. The lowest BCUT2D eigenvalue weighted by Gasteiger charge is -2.20. The first-order valence-corrected chi connectivity index (χ1v) is 7.14. The molecule has 3 heteroatoms. The number of nitrogens with one attached hydrogen (secondary N) is 1. The van der Waals surface area contributed by atoms with E-state index in [1.165, 1.54) is 5.56 Å². The number of benzene rings is 2. The molecule has 2 aliphatic rings. The number of hydrogen-bond acceptors (Lipinski definition) is 2. The highest BCUT2D eigenvalue weighted by Crippen LogP contribution is 2.47. The van der Waals surface area contributed by atoms with Crippen LogP contribution in [0, 0.1) is 0 Å². The van der Waals surface area contributed by atoms with Crippen LogP contribution in [0.5, 0.6) is 0 Å². The Hall–Kier alpha value is -2.42. The van der Waals surface area contributed by atoms with E-state index in [9.17, 15) is 9.59 Å². The minimum atomic E-state index is -0.492. The predicted octanol–water partition coefficient (Wildman–Crippen LogP) is 2.88. The molecule has 1 atom stereocenters. The minimum Gasteiger partial charge on any atom is -0.325 e. The number of rotatable bonds is 1. The number of carbonyl (C=O) groups is 2. The summed E-state index contributed by atoms with van der Waals surface area (Å²) in [6.07, 6.45) is 1.38. The second kappa shape index (κ2) is 4.04. The fourth-order valence-electron chi connectivity index (χ4n) is 3.62. The average molecular weight is 277 g/mol. The zero-order chi connectivity index (χ0) is 14.6. The summed E-state index contributed by atoms with van der Waals surface area (Å²) in [6.45, 7) is 1.57. The molecule has 0 aromatic heterocycles. The lowest BCUT2D eigenvalue weighted by atomic mass is 9.79. The zero-order valence-electron chi connectivity index (χ0n) is 11.8. The summed E-state index contributed by atoms with van der Waals surface area (Å²) in [5.41, 5.74) is 4.52. The van der Waals surface area contributed by atoms with Crippen LogP contribution < -0.4 is 5.32 Å². The molecule has 0 radical (unpaired) electrons. The highest BCUT2D eigenvalue weighted by atomic mass is 16.2. The monoisotopic (exact) mass is 277 g/mol. The second-order valence-electron chi connectivity index (χ2n) is 5.98. The van der Waals surface area contributed by atoms with E-state index < -0.39 is 5.41 Å². The molecule has 4 rings (SSSR count). The van der Waals surface area contributed by atoms with Crippen LogP contribution in [-0.4, -0.2) is 11.7 Å². The maximum atomic E-state index is 12.6. The van der Waals surface area contributed by atoms with Gasteiger partial charge in [0.2, 0.25) is 5.91 Å². The Morgan fingerprint density at radius 1 is 1.10 bits per heavy atom. The van der Waals surface area contributed by atoms with Gasteiger partial charge in [-0.15, -0.1) is 0 Å². The Morgan fingerprint density at radius 3 is 2.67 bits per heavy atom. The maximum absolute atomic E-state index is 12.6. The number of Topliss-reactive ketones (excluding diaryl/α,β-unsaturated/α-hetero) is 1. The van der Waals surface area contributed by atoms with E-state index in [4.69, 9.17) is 0 Å². The first kappa shape index (κ1) is 12.3. The average Bonchev–Trinajstić information content (AvgIpc) is 2.98. The molecule has 3 nitrogen and oxygen atoms in total. The van der Waals surface area contributed by atoms with Crippen LogP contribution >= 0.6 is 0 Å². The number of amides is 1. The fraction of sp³-hybridized carbons (Fsp3) is 0.222. The van der Waals surface area contributed by atoms with Crippen molar-refractivity contribution < 1.29 is 9.59 Å². The lowest BCUT2D eigenvalue weighted by Crippen LogP contribution is -2.35. The van der Waals surface area contributed by atoms with Crippen molar-refractivity contribution in [2.45, 2.75) is 25.2 Å². The van der Waals surface area contributed by atoms with Crippen molar-refractivity contribution >= 4 is 17.4 Å². The molecule has 1 N–H and O–H groups in total. The summed E-state index contributed by atoms with van der Waals surface area (Å²) in [5, 5.41) is 3.00. The van der Waals surface area contributed by atoms with Gasteiger partial charge in [-0.3, -0.25) is 9.59 Å². The van der Waals surface area contributed by atoms with E-state index in [1.807, 2.05) is 42.5 Å². The molecular weight excluding hydrogens is 262 g/mol. The number of para-hydroxylation sites is 1. The molecular formula is C18H15NO2. The topological polar surface area (TPSA) is 46.2 Å². The van der Waals surface area contributed by atoms with E-state index in [-0.39, 0.29) is 11.7 Å². The highest BCUT2D eigenvalue weighted by molar-refractivity contribution is 6.07. The Balaban J connectivity index is 1.83. The molecule has 1 aliphatic heterocycles. The van der Waals surface area contributed by atoms with Crippen molar-refractivity contribution in [2.75, 3.05) is 5.32 Å². The van der Waals surface area contributed by atoms with E-state index in [1.54, 1.807) is 6.92 Å². The molecule has 1 aliphatic carbocycles. The Bertz CT molecular complexity index is 794. The Kier molecular flexibility index (Phi) is 2.37. The molecule has 1 heterocycles. The van der Waals surface area contributed by atoms with Crippen LogP contribution in [0.4, 0.5) is 5.69 Å². The Labute approximate surface area is 123 Å². The van der Waals surface area contributed by atoms with Crippen LogP contribution in [0.25, 0.3) is 0 Å². The van der Waals surface area contributed by atoms with Crippen LogP contribution in [-0.2, 0) is 23.1 Å². The number of hydrogen-bond donors (Lipinski definition) is 1. The number of carbonyl (C=O) groups excluding carboxylic acids is 2. The quantitative estimate of drug-likeness (QED) is 0.815. The molecule has 2 aromatic rings. The highest BCUT2D eigenvalue weighted by Gasteiger charge is 2.50. The Morgan fingerprint density at radius 2 is 1.86 bits per heavy atom. The van der Waals surface area contributed by atoms with E-state index in [0.29, 0.717) is 12.8 Å². The SMILES string of the molecule is CC(=O)c1ccc2c(c1)CC1(C2)C(=O)Nc2ccccc21. The van der Waals surface area contributed by atoms with Crippen molar-refractivity contribution in [3.63, 3.8) is 0 Å². The van der Waals surface area contributed by atoms with Gasteiger partial charge < -0.3 is 5.32 Å². The van der Waals surface area contributed by atoms with Crippen LogP contribution in [0.3, 0.4) is 0 Å². The van der Waals surface area contributed by atoms with E-state index in [2.05, 4.69) is 5.32 Å². The molecule has 1 spiro atoms. The van der Waals surface area contributed by atoms with Crippen molar-refractivity contribution in [3.05, 3.63) is 64.7 Å². The smallest absolute Gasteiger partial charge is 0.235 e. The van der Waals surface area contributed by atoms with Gasteiger partial charge in [-0.05, 0) is 48.6 Å². The van der Waals surface area contributed by atoms with Gasteiger partial charge in [0.05, 0.1) is 5.41 Å². The van der Waals surface area contributed by atoms with Gasteiger partial charge in [0.1, 0.15) is 0 Å². The third kappa shape index (κ3) is 1.60. The van der Waals surface area contributed by atoms with Crippen molar-refractivity contribution in [2.24, 2.45) is 0 Å².